The minimum absolute atomic E-state index is 0.0418. The van der Waals surface area contributed by atoms with Gasteiger partial charge >= 0.3 is 0 Å². The molecule has 1 aliphatic heterocycles. The maximum absolute atomic E-state index is 11.8. The Labute approximate surface area is 160 Å². The highest BCUT2D eigenvalue weighted by Crippen LogP contribution is 2.32. The second-order valence-corrected chi connectivity index (χ2v) is 6.55. The summed E-state index contributed by atoms with van der Waals surface area (Å²) in [6.07, 6.45) is 1.08. The molecular weight excluding hydrogens is 370 g/mol. The van der Waals surface area contributed by atoms with Crippen LogP contribution >= 0.6 is 0 Å². The van der Waals surface area contributed by atoms with E-state index in [1.165, 1.54) is 29.4 Å². The molecule has 1 aliphatic rings. The standard InChI is InChI=1S/C17H23N5O6/c1-9(2)27-6-10-13(25)14(26)17(28-10)22-8-20-12-15(18-7-19-16(12)22)21-11(24)4-3-5-23/h3-4,7-10,13-14,17,23,25-26H,5-6H2,1-2H3,(H,18,19,21,24)/b4-3+/t10-,13-,14-,17-/m1/s1. The van der Waals surface area contributed by atoms with E-state index in [2.05, 4.69) is 20.3 Å². The third-order valence-electron chi connectivity index (χ3n) is 4.18. The molecule has 0 unspecified atom stereocenters. The van der Waals surface area contributed by atoms with Crippen LogP contribution in [0.4, 0.5) is 5.82 Å². The van der Waals surface area contributed by atoms with Crippen LogP contribution in [0.1, 0.15) is 20.1 Å². The molecular formula is C17H23N5O6. The number of carbonyl (C=O) groups is 1. The van der Waals surface area contributed by atoms with Crippen molar-refractivity contribution in [2.24, 2.45) is 0 Å². The first kappa shape index (κ1) is 20.3. The maximum Gasteiger partial charge on any atom is 0.249 e. The fraction of sp³-hybridized carbons (Fsp3) is 0.529. The predicted molar refractivity (Wildman–Crippen MR) is 97.2 cm³/mol. The van der Waals surface area contributed by atoms with Crippen molar-refractivity contribution >= 4 is 22.9 Å². The summed E-state index contributed by atoms with van der Waals surface area (Å²) in [5.74, 6) is -0.314. The summed E-state index contributed by atoms with van der Waals surface area (Å²) in [5.41, 5.74) is 0.610. The summed E-state index contributed by atoms with van der Waals surface area (Å²) in [6, 6.07) is 0. The van der Waals surface area contributed by atoms with Gasteiger partial charge in [-0.3, -0.25) is 9.36 Å². The van der Waals surface area contributed by atoms with Gasteiger partial charge in [-0.2, -0.15) is 0 Å². The summed E-state index contributed by atoms with van der Waals surface area (Å²) in [4.78, 5) is 24.2. The van der Waals surface area contributed by atoms with Gasteiger partial charge in [0.05, 0.1) is 25.6 Å². The summed E-state index contributed by atoms with van der Waals surface area (Å²) in [6.45, 7) is 3.59. The zero-order chi connectivity index (χ0) is 20.3. The van der Waals surface area contributed by atoms with Crippen LogP contribution in [-0.2, 0) is 14.3 Å². The molecule has 11 heteroatoms. The first-order valence-corrected chi connectivity index (χ1v) is 8.81. The van der Waals surface area contributed by atoms with Crippen LogP contribution < -0.4 is 5.32 Å². The van der Waals surface area contributed by atoms with Gasteiger partial charge < -0.3 is 30.1 Å². The van der Waals surface area contributed by atoms with E-state index >= 15 is 0 Å². The van der Waals surface area contributed by atoms with Crippen LogP contribution in [0.3, 0.4) is 0 Å². The number of nitrogens with zero attached hydrogens (tertiary/aromatic N) is 4. The molecule has 1 fully saturated rings. The van der Waals surface area contributed by atoms with E-state index in [-0.39, 0.29) is 25.1 Å². The molecule has 3 rings (SSSR count). The minimum atomic E-state index is -1.21. The number of anilines is 1. The van der Waals surface area contributed by atoms with Gasteiger partial charge in [0.25, 0.3) is 0 Å². The third-order valence-corrected chi connectivity index (χ3v) is 4.18. The number of amides is 1. The van der Waals surface area contributed by atoms with Gasteiger partial charge in [0.2, 0.25) is 5.91 Å². The average molecular weight is 393 g/mol. The van der Waals surface area contributed by atoms with Gasteiger partial charge in [0.15, 0.2) is 23.2 Å². The molecule has 1 amide bonds. The Bertz CT molecular complexity index is 854. The van der Waals surface area contributed by atoms with E-state index < -0.39 is 30.4 Å². The van der Waals surface area contributed by atoms with Crippen molar-refractivity contribution in [2.75, 3.05) is 18.5 Å². The van der Waals surface area contributed by atoms with Crippen LogP contribution in [0, 0.1) is 0 Å². The molecule has 152 valence electrons. The molecule has 0 saturated carbocycles. The number of rotatable bonds is 7. The predicted octanol–water partition coefficient (Wildman–Crippen LogP) is -0.643. The number of carbonyl (C=O) groups excluding carboxylic acids is 1. The second kappa shape index (κ2) is 8.71. The lowest BCUT2D eigenvalue weighted by Crippen LogP contribution is -2.34. The van der Waals surface area contributed by atoms with Crippen LogP contribution in [0.15, 0.2) is 24.8 Å². The third kappa shape index (κ3) is 4.18. The topological polar surface area (TPSA) is 152 Å². The lowest BCUT2D eigenvalue weighted by Gasteiger charge is -2.17. The fourth-order valence-electron chi connectivity index (χ4n) is 2.83. The van der Waals surface area contributed by atoms with E-state index in [1.54, 1.807) is 0 Å². The lowest BCUT2D eigenvalue weighted by atomic mass is 10.1. The van der Waals surface area contributed by atoms with Crippen molar-refractivity contribution in [3.05, 3.63) is 24.8 Å². The first-order chi connectivity index (χ1) is 13.4. The molecule has 4 N–H and O–H groups in total. The van der Waals surface area contributed by atoms with Crippen LogP contribution in [0.5, 0.6) is 0 Å². The van der Waals surface area contributed by atoms with Crippen molar-refractivity contribution in [1.82, 2.24) is 19.5 Å². The summed E-state index contributed by atoms with van der Waals surface area (Å²) in [7, 11) is 0. The minimum Gasteiger partial charge on any atom is -0.392 e. The molecule has 11 nitrogen and oxygen atoms in total. The lowest BCUT2D eigenvalue weighted by molar-refractivity contribution is -0.112. The van der Waals surface area contributed by atoms with Crippen molar-refractivity contribution in [3.63, 3.8) is 0 Å². The summed E-state index contributed by atoms with van der Waals surface area (Å²) < 4.78 is 12.7. The smallest absolute Gasteiger partial charge is 0.249 e. The number of aliphatic hydroxyl groups is 3. The number of fused-ring (bicyclic) bond motifs is 1. The number of hydrogen-bond donors (Lipinski definition) is 4. The van der Waals surface area contributed by atoms with E-state index in [0.717, 1.165) is 0 Å². The van der Waals surface area contributed by atoms with Gasteiger partial charge in [-0.15, -0.1) is 0 Å². The number of aliphatic hydroxyl groups excluding tert-OH is 3. The Kier molecular flexibility index (Phi) is 6.31. The van der Waals surface area contributed by atoms with Gasteiger partial charge in [0.1, 0.15) is 24.6 Å². The SMILES string of the molecule is CC(C)OC[C@H]1O[C@@H](n2cnc3c(NC(=O)/C=C/CO)ncnc32)[C@H](O)[C@@H]1O. The highest BCUT2D eigenvalue weighted by molar-refractivity contribution is 6.02. The van der Waals surface area contributed by atoms with Crippen LogP contribution in [-0.4, -0.2) is 78.4 Å². The van der Waals surface area contributed by atoms with E-state index in [9.17, 15) is 15.0 Å². The quantitative estimate of drug-likeness (QED) is 0.450. The Morgan fingerprint density at radius 1 is 1.36 bits per heavy atom. The van der Waals surface area contributed by atoms with Gasteiger partial charge in [-0.1, -0.05) is 6.08 Å². The molecule has 2 aromatic rings. The first-order valence-electron chi connectivity index (χ1n) is 8.81. The monoisotopic (exact) mass is 393 g/mol. The highest BCUT2D eigenvalue weighted by atomic mass is 16.6. The molecule has 0 bridgehead atoms. The highest BCUT2D eigenvalue weighted by Gasteiger charge is 2.44. The molecule has 0 spiro atoms. The fourth-order valence-corrected chi connectivity index (χ4v) is 2.83. The molecule has 0 radical (unpaired) electrons. The molecule has 0 aliphatic carbocycles. The van der Waals surface area contributed by atoms with Crippen LogP contribution in [0.25, 0.3) is 11.2 Å². The molecule has 4 atom stereocenters. The van der Waals surface area contributed by atoms with E-state index in [1.807, 2.05) is 13.8 Å². The largest absolute Gasteiger partial charge is 0.392 e. The molecule has 0 aromatic carbocycles. The Morgan fingerprint density at radius 3 is 2.86 bits per heavy atom. The second-order valence-electron chi connectivity index (χ2n) is 6.55. The number of hydrogen-bond acceptors (Lipinski definition) is 9. The number of nitrogens with one attached hydrogen (secondary N) is 1. The Balaban J connectivity index is 1.83. The zero-order valence-electron chi connectivity index (χ0n) is 15.5. The average Bonchev–Trinajstić information content (AvgIpc) is 3.21. The molecule has 1 saturated heterocycles. The zero-order valence-corrected chi connectivity index (χ0v) is 15.5. The van der Waals surface area contributed by atoms with Gasteiger partial charge in [-0.25, -0.2) is 15.0 Å². The Morgan fingerprint density at radius 2 is 2.14 bits per heavy atom. The van der Waals surface area contributed by atoms with Crippen molar-refractivity contribution in [1.29, 1.82) is 0 Å². The van der Waals surface area contributed by atoms with Crippen LogP contribution in [0.2, 0.25) is 0 Å². The van der Waals surface area contributed by atoms with Gasteiger partial charge in [0, 0.05) is 6.08 Å². The maximum atomic E-state index is 11.8. The number of ether oxygens (including phenoxy) is 2. The number of imidazole rings is 1. The summed E-state index contributed by atoms with van der Waals surface area (Å²) in [5, 5.41) is 32.0. The number of aromatic nitrogens is 4. The molecule has 3 heterocycles. The van der Waals surface area contributed by atoms with Crippen molar-refractivity contribution < 1.29 is 29.6 Å². The van der Waals surface area contributed by atoms with E-state index in [0.29, 0.717) is 11.2 Å². The van der Waals surface area contributed by atoms with Gasteiger partial charge in [-0.05, 0) is 13.8 Å². The van der Waals surface area contributed by atoms with Crippen molar-refractivity contribution in [2.45, 2.75) is 44.5 Å². The van der Waals surface area contributed by atoms with E-state index in [4.69, 9.17) is 14.6 Å². The summed E-state index contributed by atoms with van der Waals surface area (Å²) >= 11 is 0. The molecule has 28 heavy (non-hydrogen) atoms. The van der Waals surface area contributed by atoms with Crippen molar-refractivity contribution in [3.8, 4) is 0 Å². The molecule has 2 aromatic heterocycles. The Hall–Kier alpha value is -2.44. The normalized spacial score (nSPS) is 25.2.